The quantitative estimate of drug-likeness (QED) is 0.761. The smallest absolute Gasteiger partial charge is 0.365 e. The van der Waals surface area contributed by atoms with Crippen LogP contribution in [0.2, 0.25) is 0 Å². The fourth-order valence-electron chi connectivity index (χ4n) is 3.03. The van der Waals surface area contributed by atoms with Crippen molar-refractivity contribution in [3.05, 3.63) is 57.8 Å². The fourth-order valence-corrected chi connectivity index (χ4v) is 3.85. The summed E-state index contributed by atoms with van der Waals surface area (Å²) in [6.07, 6.45) is -5.18. The predicted octanol–water partition coefficient (Wildman–Crippen LogP) is 3.00. The Morgan fingerprint density at radius 2 is 1.88 bits per heavy atom. The van der Waals surface area contributed by atoms with Gasteiger partial charge in [-0.2, -0.15) is 13.2 Å². The van der Waals surface area contributed by atoms with Crippen molar-refractivity contribution < 1.29 is 27.9 Å². The average molecular weight is 384 g/mol. The van der Waals surface area contributed by atoms with Crippen molar-refractivity contribution in [3.63, 3.8) is 0 Å². The Kier molecular flexibility index (Phi) is 4.53. The predicted molar refractivity (Wildman–Crippen MR) is 88.4 cm³/mol. The Balaban J connectivity index is 2.16. The van der Waals surface area contributed by atoms with E-state index in [2.05, 4.69) is 10.6 Å². The molecule has 0 bridgehead atoms. The third-order valence-corrected chi connectivity index (χ3v) is 5.26. The maximum atomic E-state index is 13.3. The van der Waals surface area contributed by atoms with Crippen molar-refractivity contribution in [2.45, 2.75) is 24.9 Å². The number of alkyl halides is 3. The van der Waals surface area contributed by atoms with Gasteiger partial charge in [-0.1, -0.05) is 35.9 Å². The van der Waals surface area contributed by atoms with Crippen LogP contribution in [0, 0.1) is 12.8 Å². The Hall–Kier alpha value is -2.39. The van der Waals surface area contributed by atoms with E-state index in [1.807, 2.05) is 0 Å². The van der Waals surface area contributed by atoms with Crippen molar-refractivity contribution >= 4 is 23.2 Å². The highest BCUT2D eigenvalue weighted by molar-refractivity contribution is 7.10. The van der Waals surface area contributed by atoms with Crippen LogP contribution in [0.4, 0.5) is 18.0 Å². The molecule has 5 nitrogen and oxygen atoms in total. The van der Waals surface area contributed by atoms with Crippen LogP contribution in [-0.4, -0.2) is 23.1 Å². The van der Waals surface area contributed by atoms with Crippen LogP contribution < -0.4 is 10.6 Å². The molecule has 0 saturated carbocycles. The molecule has 2 amide bonds. The normalized spacial score (nSPS) is 26.1. The summed E-state index contributed by atoms with van der Waals surface area (Å²) >= 11 is 0.950. The van der Waals surface area contributed by atoms with E-state index in [0.717, 1.165) is 16.9 Å². The summed E-state index contributed by atoms with van der Waals surface area (Å²) < 4.78 is 39.8. The van der Waals surface area contributed by atoms with Gasteiger partial charge in [-0.25, -0.2) is 4.79 Å². The molecule has 26 heavy (non-hydrogen) atoms. The number of aliphatic hydroxyl groups is 1. The van der Waals surface area contributed by atoms with Crippen LogP contribution in [-0.2, 0) is 10.5 Å². The van der Waals surface area contributed by atoms with Gasteiger partial charge in [0.05, 0.1) is 10.9 Å². The maximum Gasteiger partial charge on any atom is 0.450 e. The molecule has 2 heterocycles. The topological polar surface area (TPSA) is 78.4 Å². The number of hydrogen-bond acceptors (Lipinski definition) is 4. The molecule has 1 aliphatic rings. The Bertz CT molecular complexity index is 821. The Labute approximate surface area is 150 Å². The first kappa shape index (κ1) is 18.4. The molecule has 1 saturated heterocycles. The minimum atomic E-state index is -5.18. The Morgan fingerprint density at radius 3 is 2.42 bits per heavy atom. The second kappa shape index (κ2) is 6.40. The molecule has 2 aromatic rings. The summed E-state index contributed by atoms with van der Waals surface area (Å²) in [4.78, 5) is 24.3. The summed E-state index contributed by atoms with van der Waals surface area (Å²) in [5.41, 5.74) is -1.32. The number of aryl methyl sites for hydroxylation is 1. The average Bonchev–Trinajstić information content (AvgIpc) is 3.08. The van der Waals surface area contributed by atoms with Crippen LogP contribution in [0.3, 0.4) is 0 Å². The Morgan fingerprint density at radius 1 is 1.23 bits per heavy atom. The second-order valence-corrected chi connectivity index (χ2v) is 7.02. The first-order valence-corrected chi connectivity index (χ1v) is 8.53. The van der Waals surface area contributed by atoms with Gasteiger partial charge in [-0.05, 0) is 23.9 Å². The lowest BCUT2D eigenvalue weighted by Crippen LogP contribution is -2.66. The molecule has 0 spiro atoms. The van der Waals surface area contributed by atoms with Crippen LogP contribution in [0.25, 0.3) is 0 Å². The summed E-state index contributed by atoms with van der Waals surface area (Å²) in [5, 5.41) is 17.0. The van der Waals surface area contributed by atoms with Gasteiger partial charge in [0.15, 0.2) is 5.72 Å². The van der Waals surface area contributed by atoms with Gasteiger partial charge in [0.1, 0.15) is 5.92 Å². The van der Waals surface area contributed by atoms with E-state index in [-0.39, 0.29) is 4.88 Å². The molecule has 0 unspecified atom stereocenters. The molecule has 1 aliphatic heterocycles. The molecule has 9 heteroatoms. The summed E-state index contributed by atoms with van der Waals surface area (Å²) in [5.74, 6) is -4.10. The van der Waals surface area contributed by atoms with Crippen molar-refractivity contribution in [2.24, 2.45) is 5.92 Å². The molecule has 3 N–H and O–H groups in total. The van der Waals surface area contributed by atoms with Crippen molar-refractivity contribution in [1.29, 1.82) is 0 Å². The number of ketones is 1. The highest BCUT2D eigenvalue weighted by atomic mass is 32.1. The van der Waals surface area contributed by atoms with E-state index < -0.39 is 35.7 Å². The van der Waals surface area contributed by atoms with Gasteiger partial charge < -0.3 is 15.7 Å². The molecule has 138 valence electrons. The third-order valence-electron chi connectivity index (χ3n) is 4.27. The van der Waals surface area contributed by atoms with Crippen LogP contribution in [0.1, 0.15) is 22.0 Å². The molecular weight excluding hydrogens is 369 g/mol. The van der Waals surface area contributed by atoms with E-state index in [0.29, 0.717) is 5.56 Å². The molecule has 0 radical (unpaired) electrons. The number of hydrogen-bond donors (Lipinski definition) is 3. The second-order valence-electron chi connectivity index (χ2n) is 6.07. The number of Topliss-reactive ketones (excluding diaryl/α,β-unsaturated/α-hetero) is 1. The SMILES string of the molecule is Cc1ccc([C@@H]2NC(=O)N[C@@](O)(c3cccs3)[C@H]2C(=O)C(F)(F)F)cc1. The number of benzene rings is 1. The standard InChI is InChI=1S/C17H15F3N2O3S/c1-9-4-6-10(7-5-9)13-12(14(23)17(18,19)20)16(25,22-15(24)21-13)11-3-2-8-26-11/h2-8,12-13,25H,1H3,(H2,21,22,24)/t12-,13+,16-/m1/s1. The van der Waals surface area contributed by atoms with Gasteiger partial charge in [-0.3, -0.25) is 4.79 Å². The number of carbonyl (C=O) groups is 2. The third kappa shape index (κ3) is 3.19. The number of rotatable bonds is 3. The zero-order valence-electron chi connectivity index (χ0n) is 13.5. The summed E-state index contributed by atoms with van der Waals surface area (Å²) in [6.45, 7) is 1.80. The van der Waals surface area contributed by atoms with Crippen molar-refractivity contribution in [2.75, 3.05) is 0 Å². The van der Waals surface area contributed by atoms with E-state index >= 15 is 0 Å². The molecule has 0 aliphatic carbocycles. The zero-order chi connectivity index (χ0) is 19.1. The number of amides is 2. The number of thiophene rings is 1. The van der Waals surface area contributed by atoms with Gasteiger partial charge in [-0.15, -0.1) is 11.3 Å². The van der Waals surface area contributed by atoms with Gasteiger partial charge in [0, 0.05) is 0 Å². The monoisotopic (exact) mass is 384 g/mol. The molecule has 1 aromatic heterocycles. The van der Waals surface area contributed by atoms with Crippen LogP contribution >= 0.6 is 11.3 Å². The number of nitrogens with one attached hydrogen (secondary N) is 2. The fraction of sp³-hybridized carbons (Fsp3) is 0.294. The number of halogens is 3. The number of carbonyl (C=O) groups excluding carboxylic acids is 2. The van der Waals surface area contributed by atoms with Crippen molar-refractivity contribution in [3.8, 4) is 0 Å². The first-order chi connectivity index (χ1) is 12.1. The molecule has 3 rings (SSSR count). The molecule has 3 atom stereocenters. The largest absolute Gasteiger partial charge is 0.450 e. The minimum absolute atomic E-state index is 0.0482. The summed E-state index contributed by atoms with van der Waals surface area (Å²) in [7, 11) is 0. The first-order valence-electron chi connectivity index (χ1n) is 7.65. The van der Waals surface area contributed by atoms with Crippen LogP contribution in [0.5, 0.6) is 0 Å². The highest BCUT2D eigenvalue weighted by Crippen LogP contribution is 2.44. The van der Waals surface area contributed by atoms with E-state index in [1.54, 1.807) is 19.1 Å². The van der Waals surface area contributed by atoms with Crippen LogP contribution in [0.15, 0.2) is 41.8 Å². The summed E-state index contributed by atoms with van der Waals surface area (Å²) in [6, 6.07) is 7.05. The highest BCUT2D eigenvalue weighted by Gasteiger charge is 2.59. The lowest BCUT2D eigenvalue weighted by Gasteiger charge is -2.44. The van der Waals surface area contributed by atoms with Gasteiger partial charge >= 0.3 is 12.2 Å². The lowest BCUT2D eigenvalue weighted by atomic mass is 9.78. The molecule has 1 aromatic carbocycles. The lowest BCUT2D eigenvalue weighted by molar-refractivity contribution is -0.190. The molecular formula is C17H15F3N2O3S. The van der Waals surface area contributed by atoms with Gasteiger partial charge in [0.2, 0.25) is 5.78 Å². The zero-order valence-corrected chi connectivity index (χ0v) is 14.3. The van der Waals surface area contributed by atoms with Crippen molar-refractivity contribution in [1.82, 2.24) is 10.6 Å². The number of urea groups is 1. The van der Waals surface area contributed by atoms with E-state index in [1.165, 1.54) is 29.6 Å². The van der Waals surface area contributed by atoms with E-state index in [4.69, 9.17) is 0 Å². The van der Waals surface area contributed by atoms with Gasteiger partial charge in [0.25, 0.3) is 0 Å². The molecule has 1 fully saturated rings. The van der Waals surface area contributed by atoms with E-state index in [9.17, 15) is 27.9 Å². The minimum Gasteiger partial charge on any atom is -0.365 e. The maximum absolute atomic E-state index is 13.3.